The molecule has 1 atom stereocenters. The van der Waals surface area contributed by atoms with E-state index in [-0.39, 0.29) is 31.5 Å². The lowest BCUT2D eigenvalue weighted by Gasteiger charge is -2.43. The molecule has 1 amide bonds. The Bertz CT molecular complexity index is 579. The molecule has 1 unspecified atom stereocenters. The van der Waals surface area contributed by atoms with Crippen LogP contribution >= 0.6 is 0 Å². The summed E-state index contributed by atoms with van der Waals surface area (Å²) >= 11 is 0. The van der Waals surface area contributed by atoms with Gasteiger partial charge >= 0.3 is 12.3 Å². The van der Waals surface area contributed by atoms with E-state index >= 15 is 0 Å². The van der Waals surface area contributed by atoms with Crippen LogP contribution in [0.4, 0.5) is 23.8 Å². The summed E-state index contributed by atoms with van der Waals surface area (Å²) in [5, 5.41) is 8.98. The van der Waals surface area contributed by atoms with E-state index in [0.29, 0.717) is 12.4 Å². The number of nitrogens with zero attached hydrogens (tertiary/aromatic N) is 3. The van der Waals surface area contributed by atoms with E-state index in [2.05, 4.69) is 4.98 Å². The summed E-state index contributed by atoms with van der Waals surface area (Å²) in [4.78, 5) is 17.9. The largest absolute Gasteiger partial charge is 0.487 e. The molecule has 0 saturated carbocycles. The number of fused-ring (bicyclic) bond motifs is 3. The van der Waals surface area contributed by atoms with E-state index in [1.165, 1.54) is 4.90 Å². The van der Waals surface area contributed by atoms with Crippen molar-refractivity contribution in [2.75, 3.05) is 31.1 Å². The van der Waals surface area contributed by atoms with Gasteiger partial charge in [-0.2, -0.15) is 13.2 Å². The number of piperazine rings is 1. The lowest BCUT2D eigenvalue weighted by atomic mass is 10.1. The van der Waals surface area contributed by atoms with Crippen molar-refractivity contribution in [1.29, 1.82) is 0 Å². The molecule has 0 bridgehead atoms. The minimum Gasteiger partial charge on any atom is -0.487 e. The highest BCUT2D eigenvalue weighted by Crippen LogP contribution is 2.38. The van der Waals surface area contributed by atoms with Crippen molar-refractivity contribution in [2.45, 2.75) is 12.2 Å². The Morgan fingerprint density at radius 2 is 2.19 bits per heavy atom. The maximum atomic E-state index is 12.6. The maximum Gasteiger partial charge on any atom is 0.418 e. The molecule has 0 aliphatic carbocycles. The number of carbonyl (C=O) groups is 1. The first kappa shape index (κ1) is 13.8. The van der Waals surface area contributed by atoms with Crippen LogP contribution in [0.1, 0.15) is 5.56 Å². The number of amides is 1. The summed E-state index contributed by atoms with van der Waals surface area (Å²) < 4.78 is 43.3. The first-order valence-corrected chi connectivity index (χ1v) is 6.31. The number of aromatic nitrogens is 1. The fourth-order valence-corrected chi connectivity index (χ4v) is 2.55. The van der Waals surface area contributed by atoms with Gasteiger partial charge in [-0.3, -0.25) is 0 Å². The number of pyridine rings is 1. The highest BCUT2D eigenvalue weighted by Gasteiger charge is 2.38. The van der Waals surface area contributed by atoms with Gasteiger partial charge in [-0.1, -0.05) is 0 Å². The molecule has 3 rings (SSSR count). The van der Waals surface area contributed by atoms with Gasteiger partial charge in [0.25, 0.3) is 0 Å². The molecule has 0 aromatic carbocycles. The average molecular weight is 303 g/mol. The zero-order chi connectivity index (χ0) is 15.2. The number of rotatable bonds is 0. The average Bonchev–Trinajstić information content (AvgIpc) is 2.44. The zero-order valence-corrected chi connectivity index (χ0v) is 10.8. The van der Waals surface area contributed by atoms with Crippen molar-refractivity contribution in [3.8, 4) is 5.75 Å². The van der Waals surface area contributed by atoms with E-state index in [4.69, 9.17) is 9.84 Å². The smallest absolute Gasteiger partial charge is 0.418 e. The molecule has 0 spiro atoms. The van der Waals surface area contributed by atoms with E-state index in [0.717, 1.165) is 12.3 Å². The number of hydrogen-bond donors (Lipinski definition) is 1. The number of carboxylic acid groups (broad SMARTS) is 1. The molecule has 6 nitrogen and oxygen atoms in total. The molecule has 2 aliphatic heterocycles. The van der Waals surface area contributed by atoms with Crippen LogP contribution in [0.3, 0.4) is 0 Å². The van der Waals surface area contributed by atoms with E-state index in [1.54, 1.807) is 4.90 Å². The van der Waals surface area contributed by atoms with Crippen LogP contribution in [0.2, 0.25) is 0 Å². The monoisotopic (exact) mass is 303 g/mol. The standard InChI is InChI=1S/C12H12F3N3O3/c13-12(14,15)7-3-9-10(16-4-7)18-2-1-17(11(19)20)5-8(18)6-21-9/h3-4,8H,1-2,5-6H2,(H,19,20). The van der Waals surface area contributed by atoms with Crippen molar-refractivity contribution in [3.05, 3.63) is 17.8 Å². The molecule has 2 aliphatic rings. The molecule has 1 saturated heterocycles. The van der Waals surface area contributed by atoms with Gasteiger partial charge in [0.2, 0.25) is 0 Å². The third-order valence-electron chi connectivity index (χ3n) is 3.62. The van der Waals surface area contributed by atoms with Crippen LogP contribution in [-0.2, 0) is 6.18 Å². The van der Waals surface area contributed by atoms with Gasteiger partial charge < -0.3 is 19.6 Å². The SMILES string of the molecule is O=C(O)N1CCN2c3ncc(C(F)(F)F)cc3OCC2C1. The van der Waals surface area contributed by atoms with Crippen molar-refractivity contribution >= 4 is 11.9 Å². The van der Waals surface area contributed by atoms with Crippen LogP contribution in [0, 0.1) is 0 Å². The normalized spacial score (nSPS) is 21.4. The summed E-state index contributed by atoms with van der Waals surface area (Å²) in [5.41, 5.74) is -0.858. The molecule has 3 heterocycles. The summed E-state index contributed by atoms with van der Waals surface area (Å²) in [6.07, 6.45) is -4.71. The number of anilines is 1. The van der Waals surface area contributed by atoms with E-state index in [1.807, 2.05) is 0 Å². The predicted molar refractivity (Wildman–Crippen MR) is 65.5 cm³/mol. The second-order valence-electron chi connectivity index (χ2n) is 4.93. The topological polar surface area (TPSA) is 65.9 Å². The summed E-state index contributed by atoms with van der Waals surface area (Å²) in [6, 6.07) is 0.703. The van der Waals surface area contributed by atoms with Gasteiger partial charge in [-0.15, -0.1) is 0 Å². The van der Waals surface area contributed by atoms with Crippen molar-refractivity contribution < 1.29 is 27.8 Å². The fourth-order valence-electron chi connectivity index (χ4n) is 2.55. The Hall–Kier alpha value is -2.19. The van der Waals surface area contributed by atoms with Crippen LogP contribution in [0.25, 0.3) is 0 Å². The van der Waals surface area contributed by atoms with E-state index in [9.17, 15) is 18.0 Å². The summed E-state index contributed by atoms with van der Waals surface area (Å²) in [6.45, 7) is 1.05. The highest BCUT2D eigenvalue weighted by atomic mass is 19.4. The molecule has 1 fully saturated rings. The molecule has 114 valence electrons. The van der Waals surface area contributed by atoms with Crippen molar-refractivity contribution in [3.63, 3.8) is 0 Å². The quantitative estimate of drug-likeness (QED) is 0.789. The lowest BCUT2D eigenvalue weighted by Crippen LogP contribution is -2.58. The van der Waals surface area contributed by atoms with Gasteiger partial charge in [-0.05, 0) is 6.07 Å². The molecular formula is C12H12F3N3O3. The molecule has 0 radical (unpaired) electrons. The minimum atomic E-state index is -4.47. The number of ether oxygens (including phenoxy) is 1. The summed E-state index contributed by atoms with van der Waals surface area (Å²) in [5.74, 6) is 0.425. The second-order valence-corrected chi connectivity index (χ2v) is 4.93. The minimum absolute atomic E-state index is 0.0878. The number of hydrogen-bond acceptors (Lipinski definition) is 4. The predicted octanol–water partition coefficient (Wildman–Crippen LogP) is 1.66. The first-order chi connectivity index (χ1) is 9.86. The van der Waals surface area contributed by atoms with Crippen LogP contribution in [0.5, 0.6) is 5.75 Å². The van der Waals surface area contributed by atoms with E-state index < -0.39 is 17.8 Å². The van der Waals surface area contributed by atoms with Crippen molar-refractivity contribution in [1.82, 2.24) is 9.88 Å². The van der Waals surface area contributed by atoms with Gasteiger partial charge in [0, 0.05) is 25.8 Å². The third kappa shape index (κ3) is 2.43. The van der Waals surface area contributed by atoms with Gasteiger partial charge in [0.15, 0.2) is 11.6 Å². The molecule has 1 aromatic rings. The molecule has 9 heteroatoms. The number of halogens is 3. The van der Waals surface area contributed by atoms with Crippen LogP contribution < -0.4 is 9.64 Å². The fraction of sp³-hybridized carbons (Fsp3) is 0.500. The Morgan fingerprint density at radius 3 is 2.86 bits per heavy atom. The van der Waals surface area contributed by atoms with Crippen molar-refractivity contribution in [2.24, 2.45) is 0 Å². The van der Waals surface area contributed by atoms with Crippen LogP contribution in [-0.4, -0.2) is 53.4 Å². The Kier molecular flexibility index (Phi) is 3.07. The third-order valence-corrected chi connectivity index (χ3v) is 3.62. The Morgan fingerprint density at radius 1 is 1.43 bits per heavy atom. The highest BCUT2D eigenvalue weighted by molar-refractivity contribution is 5.66. The molecule has 21 heavy (non-hydrogen) atoms. The molecule has 1 aromatic heterocycles. The second kappa shape index (κ2) is 4.68. The van der Waals surface area contributed by atoms with Crippen LogP contribution in [0.15, 0.2) is 12.3 Å². The molecule has 1 N–H and O–H groups in total. The summed E-state index contributed by atoms with van der Waals surface area (Å²) in [7, 11) is 0. The number of alkyl halides is 3. The zero-order valence-electron chi connectivity index (χ0n) is 10.8. The molecular weight excluding hydrogens is 291 g/mol. The maximum absolute atomic E-state index is 12.6. The van der Waals surface area contributed by atoms with Gasteiger partial charge in [0.05, 0.1) is 11.6 Å². The Labute approximate surface area is 117 Å². The van der Waals surface area contributed by atoms with Gasteiger partial charge in [0.1, 0.15) is 6.61 Å². The van der Waals surface area contributed by atoms with Gasteiger partial charge in [-0.25, -0.2) is 9.78 Å². The Balaban J connectivity index is 1.86. The lowest BCUT2D eigenvalue weighted by molar-refractivity contribution is -0.138. The first-order valence-electron chi connectivity index (χ1n) is 6.31.